The number of hydrogen-bond acceptors (Lipinski definition) is 4. The number of alkyl halides is 3. The molecule has 0 saturated heterocycles. The summed E-state index contributed by atoms with van der Waals surface area (Å²) in [6.45, 7) is 2.39. The van der Waals surface area contributed by atoms with Gasteiger partial charge >= 0.3 is 6.18 Å². The maximum atomic E-state index is 12.1. The van der Waals surface area contributed by atoms with Gasteiger partial charge in [-0.3, -0.25) is 0 Å². The first kappa shape index (κ1) is 27.8. The zero-order valence-electron chi connectivity index (χ0n) is 18.0. The van der Waals surface area contributed by atoms with Crippen molar-refractivity contribution in [3.05, 3.63) is 59.2 Å². The molecule has 0 aromatic heterocycles. The van der Waals surface area contributed by atoms with Gasteiger partial charge in [-0.2, -0.15) is 13.2 Å². The molecule has 0 unspecified atom stereocenters. The lowest BCUT2D eigenvalue weighted by molar-refractivity contribution is -0.176. The lowest BCUT2D eigenvalue weighted by Gasteiger charge is -2.12. The SMILES string of the molecule is CCNC(=NCc1ccc(COCC(F)(F)F)cc1)NCCc1ccc(O)c(OC)c1.I. The van der Waals surface area contributed by atoms with Crippen LogP contribution < -0.4 is 15.4 Å². The van der Waals surface area contributed by atoms with E-state index < -0.39 is 12.8 Å². The molecule has 2 aromatic carbocycles. The average Bonchev–Trinajstić information content (AvgIpc) is 2.73. The maximum Gasteiger partial charge on any atom is 0.411 e. The Labute approximate surface area is 203 Å². The highest BCUT2D eigenvalue weighted by molar-refractivity contribution is 14.0. The topological polar surface area (TPSA) is 75.1 Å². The molecule has 178 valence electrons. The van der Waals surface area contributed by atoms with Crippen LogP contribution in [0, 0.1) is 0 Å². The van der Waals surface area contributed by atoms with Crippen molar-refractivity contribution >= 4 is 29.9 Å². The van der Waals surface area contributed by atoms with E-state index in [0.29, 0.717) is 43.3 Å². The Morgan fingerprint density at radius 1 is 1.03 bits per heavy atom. The molecule has 0 spiro atoms. The van der Waals surface area contributed by atoms with Crippen LogP contribution in [0.5, 0.6) is 11.5 Å². The van der Waals surface area contributed by atoms with Crippen molar-refractivity contribution in [1.29, 1.82) is 0 Å². The third kappa shape index (κ3) is 10.4. The van der Waals surface area contributed by atoms with Crippen LogP contribution in [0.15, 0.2) is 47.5 Å². The lowest BCUT2D eigenvalue weighted by Crippen LogP contribution is -2.38. The molecule has 0 aliphatic heterocycles. The first-order valence-electron chi connectivity index (χ1n) is 9.91. The van der Waals surface area contributed by atoms with Crippen molar-refractivity contribution in [2.24, 2.45) is 4.99 Å². The summed E-state index contributed by atoms with van der Waals surface area (Å²) in [4.78, 5) is 4.54. The average molecular weight is 567 g/mol. The van der Waals surface area contributed by atoms with Gasteiger partial charge < -0.3 is 25.2 Å². The number of nitrogens with one attached hydrogen (secondary N) is 2. The fraction of sp³-hybridized carbons (Fsp3) is 0.409. The van der Waals surface area contributed by atoms with Crippen molar-refractivity contribution in [2.45, 2.75) is 32.7 Å². The smallest absolute Gasteiger partial charge is 0.411 e. The molecule has 0 aliphatic carbocycles. The van der Waals surface area contributed by atoms with E-state index in [9.17, 15) is 18.3 Å². The van der Waals surface area contributed by atoms with E-state index in [1.165, 1.54) is 7.11 Å². The predicted octanol–water partition coefficient (Wildman–Crippen LogP) is 4.40. The van der Waals surface area contributed by atoms with Crippen LogP contribution in [0.2, 0.25) is 0 Å². The minimum Gasteiger partial charge on any atom is -0.504 e. The molecule has 0 atom stereocenters. The molecule has 0 saturated carbocycles. The third-order valence-corrected chi connectivity index (χ3v) is 4.27. The molecule has 0 heterocycles. The van der Waals surface area contributed by atoms with Gasteiger partial charge in [-0.05, 0) is 42.2 Å². The van der Waals surface area contributed by atoms with Crippen molar-refractivity contribution < 1.29 is 27.8 Å². The highest BCUT2D eigenvalue weighted by Gasteiger charge is 2.27. The molecular formula is C22H29F3IN3O3. The molecule has 3 N–H and O–H groups in total. The number of aliphatic imine (C=N–C) groups is 1. The highest BCUT2D eigenvalue weighted by Crippen LogP contribution is 2.26. The Balaban J connectivity index is 0.00000512. The Hall–Kier alpha value is -2.21. The van der Waals surface area contributed by atoms with Crippen LogP contribution in [-0.4, -0.2) is 44.0 Å². The molecule has 0 fully saturated rings. The number of phenols is 1. The van der Waals surface area contributed by atoms with E-state index in [-0.39, 0.29) is 36.3 Å². The first-order valence-corrected chi connectivity index (χ1v) is 9.91. The zero-order chi connectivity index (χ0) is 22.7. The first-order chi connectivity index (χ1) is 14.8. The molecule has 6 nitrogen and oxygen atoms in total. The monoisotopic (exact) mass is 567 g/mol. The number of halogens is 4. The van der Waals surface area contributed by atoms with E-state index >= 15 is 0 Å². The normalized spacial score (nSPS) is 11.6. The van der Waals surface area contributed by atoms with E-state index in [1.54, 1.807) is 24.3 Å². The number of ether oxygens (including phenoxy) is 2. The molecule has 32 heavy (non-hydrogen) atoms. The standard InChI is InChI=1S/C22H28F3N3O3.HI/c1-3-26-21(27-11-10-16-8-9-19(29)20(12-16)30-2)28-13-17-4-6-18(7-5-17)14-31-15-22(23,24)25;/h4-9,12,29H,3,10-11,13-15H2,1-2H3,(H2,26,27,28);1H. The summed E-state index contributed by atoms with van der Waals surface area (Å²) >= 11 is 0. The summed E-state index contributed by atoms with van der Waals surface area (Å²) in [6.07, 6.45) is -3.60. The second-order valence-electron chi connectivity index (χ2n) is 6.80. The fourth-order valence-corrected chi connectivity index (χ4v) is 2.74. The quantitative estimate of drug-likeness (QED) is 0.226. The van der Waals surface area contributed by atoms with Gasteiger partial charge in [0.1, 0.15) is 6.61 Å². The van der Waals surface area contributed by atoms with Gasteiger partial charge in [0.05, 0.1) is 20.3 Å². The van der Waals surface area contributed by atoms with Crippen LogP contribution in [-0.2, 0) is 24.3 Å². The Kier molecular flexibility index (Phi) is 12.2. The van der Waals surface area contributed by atoms with Crippen LogP contribution in [0.1, 0.15) is 23.6 Å². The number of aromatic hydroxyl groups is 1. The number of guanidine groups is 1. The fourth-order valence-electron chi connectivity index (χ4n) is 2.74. The summed E-state index contributed by atoms with van der Waals surface area (Å²) in [5.41, 5.74) is 2.62. The molecule has 2 rings (SSSR count). The van der Waals surface area contributed by atoms with Crippen LogP contribution in [0.3, 0.4) is 0 Å². The zero-order valence-corrected chi connectivity index (χ0v) is 20.4. The molecule has 0 bridgehead atoms. The van der Waals surface area contributed by atoms with Gasteiger partial charge in [0.25, 0.3) is 0 Å². The van der Waals surface area contributed by atoms with Gasteiger partial charge in [-0.25, -0.2) is 4.99 Å². The predicted molar refractivity (Wildman–Crippen MR) is 129 cm³/mol. The van der Waals surface area contributed by atoms with Gasteiger partial charge in [0.15, 0.2) is 17.5 Å². The summed E-state index contributed by atoms with van der Waals surface area (Å²) in [7, 11) is 1.51. The minimum atomic E-state index is -4.32. The highest BCUT2D eigenvalue weighted by atomic mass is 127. The molecular weight excluding hydrogens is 538 g/mol. The maximum absolute atomic E-state index is 12.1. The molecule has 2 aromatic rings. The lowest BCUT2D eigenvalue weighted by atomic mass is 10.1. The van der Waals surface area contributed by atoms with Crippen molar-refractivity contribution in [3.63, 3.8) is 0 Å². The molecule has 0 amide bonds. The third-order valence-electron chi connectivity index (χ3n) is 4.27. The van der Waals surface area contributed by atoms with Crippen molar-refractivity contribution in [2.75, 3.05) is 26.8 Å². The molecule has 0 radical (unpaired) electrons. The van der Waals surface area contributed by atoms with Crippen LogP contribution in [0.25, 0.3) is 0 Å². The molecule has 0 aliphatic rings. The van der Waals surface area contributed by atoms with Gasteiger partial charge in [0.2, 0.25) is 0 Å². The number of phenolic OH excluding ortho intramolecular Hbond substituents is 1. The van der Waals surface area contributed by atoms with E-state index in [4.69, 9.17) is 4.74 Å². The number of nitrogens with zero attached hydrogens (tertiary/aromatic N) is 1. The Morgan fingerprint density at radius 2 is 1.69 bits per heavy atom. The van der Waals surface area contributed by atoms with Crippen LogP contribution >= 0.6 is 24.0 Å². The Bertz CT molecular complexity index is 847. The van der Waals surface area contributed by atoms with Gasteiger partial charge in [-0.1, -0.05) is 30.3 Å². The van der Waals surface area contributed by atoms with E-state index in [2.05, 4.69) is 20.4 Å². The summed E-state index contributed by atoms with van der Waals surface area (Å²) < 4.78 is 46.2. The Morgan fingerprint density at radius 3 is 2.31 bits per heavy atom. The van der Waals surface area contributed by atoms with Crippen LogP contribution in [0.4, 0.5) is 13.2 Å². The van der Waals surface area contributed by atoms with Gasteiger partial charge in [0, 0.05) is 13.1 Å². The summed E-state index contributed by atoms with van der Waals surface area (Å²) in [6, 6.07) is 12.3. The van der Waals surface area contributed by atoms with Crippen molar-refractivity contribution in [1.82, 2.24) is 10.6 Å². The summed E-state index contributed by atoms with van der Waals surface area (Å²) in [5.74, 6) is 1.20. The summed E-state index contributed by atoms with van der Waals surface area (Å²) in [5, 5.41) is 16.1. The molecule has 10 heteroatoms. The van der Waals surface area contributed by atoms with Gasteiger partial charge in [-0.15, -0.1) is 24.0 Å². The number of hydrogen-bond donors (Lipinski definition) is 3. The second-order valence-corrected chi connectivity index (χ2v) is 6.80. The van der Waals surface area contributed by atoms with Crippen molar-refractivity contribution in [3.8, 4) is 11.5 Å². The number of rotatable bonds is 10. The van der Waals surface area contributed by atoms with E-state index in [0.717, 1.165) is 11.1 Å². The number of methoxy groups -OCH3 is 1. The second kappa shape index (κ2) is 14.0. The van der Waals surface area contributed by atoms with E-state index in [1.807, 2.05) is 25.1 Å². The minimum absolute atomic E-state index is 0. The number of benzene rings is 2. The largest absolute Gasteiger partial charge is 0.504 e.